The number of pyridine rings is 1. The van der Waals surface area contributed by atoms with Crippen molar-refractivity contribution >= 4 is 0 Å². The van der Waals surface area contributed by atoms with E-state index in [0.717, 1.165) is 24.8 Å². The molecule has 0 unspecified atom stereocenters. The maximum atomic E-state index is 5.47. The molecule has 1 aromatic heterocycles. The van der Waals surface area contributed by atoms with Crippen molar-refractivity contribution in [3.05, 3.63) is 30.1 Å². The van der Waals surface area contributed by atoms with Crippen molar-refractivity contribution in [3.63, 3.8) is 0 Å². The van der Waals surface area contributed by atoms with E-state index in [1.807, 2.05) is 12.1 Å². The molecule has 0 spiro atoms. The highest BCUT2D eigenvalue weighted by atomic mass is 14.7. The average molecular weight is 193 g/mol. The third-order valence-electron chi connectivity index (χ3n) is 3.49. The third kappa shape index (κ3) is 1.17. The Morgan fingerprint density at radius 3 is 2.40 bits per heavy atom. The van der Waals surface area contributed by atoms with E-state index < -0.39 is 0 Å². The molecule has 1 aromatic rings. The van der Waals surface area contributed by atoms with Crippen molar-refractivity contribution in [2.45, 2.75) is 19.3 Å². The second-order valence-electron chi connectivity index (χ2n) is 4.72. The molecule has 3 aliphatic carbocycles. The Morgan fingerprint density at radius 1 is 1.13 bits per heavy atom. The van der Waals surface area contributed by atoms with Gasteiger partial charge >= 0.3 is 0 Å². The molecule has 0 aromatic carbocycles. The third-order valence-corrected chi connectivity index (χ3v) is 3.49. The highest BCUT2D eigenvalue weighted by Crippen LogP contribution is 2.72. The molecule has 0 amide bonds. The first kappa shape index (κ1) is 8.57. The number of nitrogens with zero attached hydrogens (tertiary/aromatic N) is 1. The van der Waals surface area contributed by atoms with Crippen LogP contribution in [-0.2, 0) is 0 Å². The van der Waals surface area contributed by atoms with Crippen LogP contribution < -0.4 is 0 Å². The van der Waals surface area contributed by atoms with Crippen molar-refractivity contribution in [1.82, 2.24) is 4.98 Å². The molecule has 4 rings (SSSR count). The molecule has 15 heavy (non-hydrogen) atoms. The zero-order valence-corrected chi connectivity index (χ0v) is 8.46. The van der Waals surface area contributed by atoms with Crippen molar-refractivity contribution in [3.8, 4) is 24.2 Å². The molecular formula is C14H11N. The van der Waals surface area contributed by atoms with E-state index in [1.54, 1.807) is 12.4 Å². The van der Waals surface area contributed by atoms with Crippen molar-refractivity contribution in [2.24, 2.45) is 10.8 Å². The van der Waals surface area contributed by atoms with Gasteiger partial charge in [0.05, 0.1) is 0 Å². The van der Waals surface area contributed by atoms with Crippen molar-refractivity contribution in [1.29, 1.82) is 0 Å². The van der Waals surface area contributed by atoms with Crippen LogP contribution >= 0.6 is 0 Å². The predicted molar refractivity (Wildman–Crippen MR) is 58.7 cm³/mol. The van der Waals surface area contributed by atoms with Crippen molar-refractivity contribution < 1.29 is 0 Å². The summed E-state index contributed by atoms with van der Waals surface area (Å²) in [6, 6.07) is 3.88. The van der Waals surface area contributed by atoms with Gasteiger partial charge in [0.25, 0.3) is 0 Å². The van der Waals surface area contributed by atoms with Crippen LogP contribution in [0.2, 0.25) is 0 Å². The van der Waals surface area contributed by atoms with Crippen LogP contribution in [0.15, 0.2) is 24.5 Å². The molecule has 3 aliphatic rings. The Morgan fingerprint density at radius 2 is 1.80 bits per heavy atom. The molecule has 1 heteroatoms. The topological polar surface area (TPSA) is 12.9 Å². The van der Waals surface area contributed by atoms with Gasteiger partial charge in [-0.1, -0.05) is 17.8 Å². The molecule has 2 bridgehead atoms. The minimum absolute atomic E-state index is 0.229. The number of hydrogen-bond donors (Lipinski definition) is 0. The van der Waals surface area contributed by atoms with Gasteiger partial charge in [-0.3, -0.25) is 4.98 Å². The second-order valence-corrected chi connectivity index (χ2v) is 4.72. The van der Waals surface area contributed by atoms with Gasteiger partial charge in [-0.15, -0.1) is 6.42 Å². The van der Waals surface area contributed by atoms with Gasteiger partial charge in [0.2, 0.25) is 0 Å². The van der Waals surface area contributed by atoms with E-state index in [4.69, 9.17) is 6.42 Å². The summed E-state index contributed by atoms with van der Waals surface area (Å²) in [6.45, 7) is 0. The summed E-state index contributed by atoms with van der Waals surface area (Å²) in [5.41, 5.74) is 1.53. The monoisotopic (exact) mass is 193 g/mol. The van der Waals surface area contributed by atoms with E-state index in [-0.39, 0.29) is 10.8 Å². The Kier molecular flexibility index (Phi) is 1.51. The fourth-order valence-electron chi connectivity index (χ4n) is 2.71. The maximum Gasteiger partial charge on any atom is 0.0361 e. The second kappa shape index (κ2) is 2.65. The van der Waals surface area contributed by atoms with E-state index in [0.29, 0.717) is 0 Å². The summed E-state index contributed by atoms with van der Waals surface area (Å²) in [4.78, 5) is 3.96. The van der Waals surface area contributed by atoms with Gasteiger partial charge < -0.3 is 0 Å². The highest BCUT2D eigenvalue weighted by molar-refractivity contribution is 5.42. The molecule has 3 saturated carbocycles. The Hall–Kier alpha value is -1.73. The highest BCUT2D eigenvalue weighted by Gasteiger charge is 2.66. The lowest BCUT2D eigenvalue weighted by Gasteiger charge is -2.65. The standard InChI is InChI=1S/C14H11N/c1-2-13-9-14(10-13,11-13)6-3-12-4-7-15-8-5-12/h1,4-5,7-8H,9-11H2. The molecule has 0 atom stereocenters. The van der Waals surface area contributed by atoms with Gasteiger partial charge in [-0.25, -0.2) is 0 Å². The molecule has 0 saturated heterocycles. The van der Waals surface area contributed by atoms with E-state index in [1.165, 1.54) is 0 Å². The summed E-state index contributed by atoms with van der Waals surface area (Å²) in [5.74, 6) is 9.46. The van der Waals surface area contributed by atoms with Crippen LogP contribution in [0.25, 0.3) is 0 Å². The van der Waals surface area contributed by atoms with Crippen LogP contribution in [0, 0.1) is 35.0 Å². The SMILES string of the molecule is C#CC12CC(C#Cc3ccncc3)(C1)C2. The lowest BCUT2D eigenvalue weighted by Crippen LogP contribution is -2.59. The number of rotatable bonds is 0. The first-order chi connectivity index (χ1) is 7.26. The summed E-state index contributed by atoms with van der Waals surface area (Å²) < 4.78 is 0. The zero-order chi connectivity index (χ0) is 10.4. The van der Waals surface area contributed by atoms with Gasteiger partial charge in [0.15, 0.2) is 0 Å². The zero-order valence-electron chi connectivity index (χ0n) is 8.46. The fraction of sp³-hybridized carbons (Fsp3) is 0.357. The first-order valence-corrected chi connectivity index (χ1v) is 5.17. The van der Waals surface area contributed by atoms with E-state index >= 15 is 0 Å². The molecule has 0 radical (unpaired) electrons. The summed E-state index contributed by atoms with van der Waals surface area (Å²) in [6.07, 6.45) is 12.3. The van der Waals surface area contributed by atoms with Gasteiger partial charge in [0.1, 0.15) is 0 Å². The predicted octanol–water partition coefficient (Wildman–Crippen LogP) is 2.24. The molecule has 1 nitrogen and oxygen atoms in total. The molecule has 1 heterocycles. The van der Waals surface area contributed by atoms with Gasteiger partial charge in [-0.2, -0.15) is 0 Å². The first-order valence-electron chi connectivity index (χ1n) is 5.17. The van der Waals surface area contributed by atoms with Crippen molar-refractivity contribution in [2.75, 3.05) is 0 Å². The lowest BCUT2D eigenvalue weighted by molar-refractivity contribution is -0.113. The van der Waals surface area contributed by atoms with E-state index in [2.05, 4.69) is 22.7 Å². The quantitative estimate of drug-likeness (QED) is 0.576. The molecule has 0 aliphatic heterocycles. The largest absolute Gasteiger partial charge is 0.265 e. The Balaban J connectivity index is 1.75. The van der Waals surface area contributed by atoms with Gasteiger partial charge in [0, 0.05) is 28.8 Å². The summed E-state index contributed by atoms with van der Waals surface area (Å²) in [7, 11) is 0. The summed E-state index contributed by atoms with van der Waals surface area (Å²) >= 11 is 0. The van der Waals surface area contributed by atoms with Crippen LogP contribution in [0.3, 0.4) is 0 Å². The molecular weight excluding hydrogens is 182 g/mol. The maximum absolute atomic E-state index is 5.47. The minimum Gasteiger partial charge on any atom is -0.265 e. The molecule has 3 fully saturated rings. The molecule has 0 N–H and O–H groups in total. The average Bonchev–Trinajstić information content (AvgIpc) is 2.16. The van der Waals surface area contributed by atoms with Crippen LogP contribution in [0.4, 0.5) is 0 Å². The van der Waals surface area contributed by atoms with Gasteiger partial charge in [-0.05, 0) is 31.4 Å². The normalized spacial score (nSPS) is 35.1. The number of terminal acetylenes is 1. The van der Waals surface area contributed by atoms with Crippen LogP contribution in [0.5, 0.6) is 0 Å². The van der Waals surface area contributed by atoms with Crippen LogP contribution in [0.1, 0.15) is 24.8 Å². The summed E-state index contributed by atoms with van der Waals surface area (Å²) in [5, 5.41) is 0. The van der Waals surface area contributed by atoms with E-state index in [9.17, 15) is 0 Å². The Labute approximate surface area is 89.9 Å². The molecule has 72 valence electrons. The minimum atomic E-state index is 0.229. The fourth-order valence-corrected chi connectivity index (χ4v) is 2.71. The lowest BCUT2D eigenvalue weighted by atomic mass is 9.36. The van der Waals surface area contributed by atoms with Crippen LogP contribution in [-0.4, -0.2) is 4.98 Å². The Bertz CT molecular complexity index is 476. The smallest absolute Gasteiger partial charge is 0.0361 e. The number of aromatic nitrogens is 1. The number of hydrogen-bond acceptors (Lipinski definition) is 1.